The van der Waals surface area contributed by atoms with Crippen LogP contribution in [0.3, 0.4) is 0 Å². The number of hydroxylamine groups is 1. The maximum absolute atomic E-state index is 13.7. The molecular formula is C24H36N2O4. The molecule has 5 aliphatic rings. The Morgan fingerprint density at radius 1 is 1.17 bits per heavy atom. The van der Waals surface area contributed by atoms with Crippen molar-refractivity contribution >= 4 is 11.6 Å². The quantitative estimate of drug-likeness (QED) is 0.610. The monoisotopic (exact) mass is 416 g/mol. The Bertz CT molecular complexity index is 760. The van der Waals surface area contributed by atoms with Crippen LogP contribution in [0.4, 0.5) is 0 Å². The summed E-state index contributed by atoms with van der Waals surface area (Å²) in [5.74, 6) is 0.592. The predicted octanol–water partition coefficient (Wildman–Crippen LogP) is 2.37. The first-order valence-electron chi connectivity index (χ1n) is 11.9. The van der Waals surface area contributed by atoms with Gasteiger partial charge in [0.1, 0.15) is 11.6 Å². The first kappa shape index (κ1) is 20.7. The second kappa shape index (κ2) is 7.42. The molecule has 1 saturated heterocycles. The molecule has 0 bridgehead atoms. The molecule has 0 aromatic rings. The highest BCUT2D eigenvalue weighted by Gasteiger charge is 2.64. The van der Waals surface area contributed by atoms with Crippen LogP contribution in [0.25, 0.3) is 0 Å². The molecule has 0 radical (unpaired) electrons. The van der Waals surface area contributed by atoms with Crippen LogP contribution in [0, 0.1) is 40.4 Å². The summed E-state index contributed by atoms with van der Waals surface area (Å²) in [7, 11) is 0. The zero-order valence-electron chi connectivity index (χ0n) is 18.3. The number of Topliss-reactive ketones (excluding diaryl/α,β-unsaturated/α-hetero) is 2. The Morgan fingerprint density at radius 2 is 2.00 bits per heavy atom. The average molecular weight is 417 g/mol. The van der Waals surface area contributed by atoms with Crippen molar-refractivity contribution in [1.82, 2.24) is 10.8 Å². The van der Waals surface area contributed by atoms with Crippen LogP contribution in [0.15, 0.2) is 11.8 Å². The molecule has 6 nitrogen and oxygen atoms in total. The van der Waals surface area contributed by atoms with E-state index in [-0.39, 0.29) is 53.0 Å². The summed E-state index contributed by atoms with van der Waals surface area (Å²) < 4.78 is 0. The van der Waals surface area contributed by atoms with Gasteiger partial charge in [-0.05, 0) is 68.2 Å². The normalized spacial score (nSPS) is 48.0. The summed E-state index contributed by atoms with van der Waals surface area (Å²) in [5, 5.41) is 13.6. The van der Waals surface area contributed by atoms with Crippen molar-refractivity contribution in [3.63, 3.8) is 0 Å². The topological polar surface area (TPSA) is 87.7 Å². The number of aliphatic hydroxyl groups excluding tert-OH is 1. The lowest BCUT2D eigenvalue weighted by Gasteiger charge is -2.59. The molecule has 0 aromatic carbocycles. The van der Waals surface area contributed by atoms with Gasteiger partial charge in [0.15, 0.2) is 0 Å². The molecule has 0 spiro atoms. The number of carbonyl (C=O) groups is 2. The molecule has 4 aliphatic carbocycles. The molecule has 8 atom stereocenters. The smallest absolute Gasteiger partial charge is 0.142 e. The number of carbonyl (C=O) groups excluding carboxylic acids is 2. The fourth-order valence-electron chi connectivity index (χ4n) is 7.72. The number of hydrogen-bond donors (Lipinski definition) is 3. The number of hydrogen-bond acceptors (Lipinski definition) is 6. The van der Waals surface area contributed by atoms with Crippen LogP contribution in [-0.2, 0) is 14.4 Å². The molecule has 3 unspecified atom stereocenters. The minimum Gasteiger partial charge on any atom is -0.396 e. The summed E-state index contributed by atoms with van der Waals surface area (Å²) >= 11 is 0. The van der Waals surface area contributed by atoms with Crippen molar-refractivity contribution in [2.75, 3.05) is 19.7 Å². The van der Waals surface area contributed by atoms with Gasteiger partial charge in [0.25, 0.3) is 0 Å². The van der Waals surface area contributed by atoms with Gasteiger partial charge < -0.3 is 10.4 Å². The number of fused-ring (bicyclic) bond motifs is 5. The first-order chi connectivity index (χ1) is 14.4. The number of aliphatic hydroxyl groups is 1. The lowest BCUT2D eigenvalue weighted by molar-refractivity contribution is -0.162. The molecule has 30 heavy (non-hydrogen) atoms. The van der Waals surface area contributed by atoms with Gasteiger partial charge in [-0.2, -0.15) is 0 Å². The van der Waals surface area contributed by atoms with Crippen molar-refractivity contribution in [2.45, 2.75) is 64.9 Å². The molecular weight excluding hydrogens is 380 g/mol. The highest BCUT2D eigenvalue weighted by atomic mass is 16.7. The molecule has 3 saturated carbocycles. The third-order valence-corrected chi connectivity index (χ3v) is 9.60. The van der Waals surface area contributed by atoms with Crippen molar-refractivity contribution in [1.29, 1.82) is 0 Å². The standard InChI is InChI=1S/C24H36N2O4/c1-23-8-5-14(26-30-15-7-10-25-12-15)11-19(23)16(13-27)22(29)21-17-3-4-20(28)24(17,2)9-6-18(21)23/h11,15-19,21,25-27H,3-10,12-13H2,1-2H3/t15?,16?,17-,18+,19?,21-,23+,24-/m0/s1. The Labute approximate surface area is 179 Å². The van der Waals surface area contributed by atoms with E-state index in [1.807, 2.05) is 0 Å². The van der Waals surface area contributed by atoms with Gasteiger partial charge in [-0.15, -0.1) is 0 Å². The van der Waals surface area contributed by atoms with Gasteiger partial charge in [-0.1, -0.05) is 19.9 Å². The number of ketones is 2. The Kier molecular flexibility index (Phi) is 5.11. The van der Waals surface area contributed by atoms with Crippen LogP contribution < -0.4 is 10.8 Å². The van der Waals surface area contributed by atoms with E-state index in [1.54, 1.807) is 0 Å². The molecule has 1 heterocycles. The average Bonchev–Trinajstić information content (AvgIpc) is 3.36. The number of allylic oxidation sites excluding steroid dienone is 2. The molecule has 4 fully saturated rings. The molecule has 5 rings (SSSR count). The van der Waals surface area contributed by atoms with E-state index in [4.69, 9.17) is 4.84 Å². The fraction of sp³-hybridized carbons (Fsp3) is 0.833. The fourth-order valence-corrected chi connectivity index (χ4v) is 7.72. The van der Waals surface area contributed by atoms with Gasteiger partial charge in [0.2, 0.25) is 0 Å². The van der Waals surface area contributed by atoms with Crippen molar-refractivity contribution in [2.24, 2.45) is 40.4 Å². The molecule has 6 heteroatoms. The van der Waals surface area contributed by atoms with E-state index < -0.39 is 0 Å². The SMILES string of the molecule is C[C@]12CCC(NOC3CCNC3)=CC1C(CO)C(=O)[C@@H]1[C@H]2CC[C@]2(C)C(=O)CC[C@@H]12. The van der Waals surface area contributed by atoms with E-state index in [0.29, 0.717) is 18.1 Å². The van der Waals surface area contributed by atoms with Crippen molar-refractivity contribution in [3.8, 4) is 0 Å². The van der Waals surface area contributed by atoms with E-state index in [2.05, 4.69) is 30.7 Å². The third-order valence-electron chi connectivity index (χ3n) is 9.60. The Hall–Kier alpha value is -1.24. The molecule has 166 valence electrons. The van der Waals surface area contributed by atoms with Crippen LogP contribution in [-0.4, -0.2) is 42.5 Å². The van der Waals surface area contributed by atoms with Crippen LogP contribution in [0.2, 0.25) is 0 Å². The minimum absolute atomic E-state index is 0.0148. The van der Waals surface area contributed by atoms with Crippen LogP contribution >= 0.6 is 0 Å². The number of nitrogens with one attached hydrogen (secondary N) is 2. The minimum atomic E-state index is -0.375. The lowest BCUT2D eigenvalue weighted by atomic mass is 9.43. The van der Waals surface area contributed by atoms with E-state index in [0.717, 1.165) is 57.3 Å². The van der Waals surface area contributed by atoms with E-state index >= 15 is 0 Å². The van der Waals surface area contributed by atoms with Crippen LogP contribution in [0.1, 0.15) is 58.8 Å². The molecule has 3 N–H and O–H groups in total. The van der Waals surface area contributed by atoms with E-state index in [1.165, 1.54) is 0 Å². The summed E-state index contributed by atoms with van der Waals surface area (Å²) in [5.41, 5.74) is 3.88. The van der Waals surface area contributed by atoms with E-state index in [9.17, 15) is 14.7 Å². The van der Waals surface area contributed by atoms with Crippen molar-refractivity contribution < 1.29 is 19.5 Å². The summed E-state index contributed by atoms with van der Waals surface area (Å²) in [6, 6.07) is 0. The Morgan fingerprint density at radius 3 is 2.73 bits per heavy atom. The predicted molar refractivity (Wildman–Crippen MR) is 112 cm³/mol. The summed E-state index contributed by atoms with van der Waals surface area (Å²) in [6.07, 6.45) is 8.58. The first-order valence-corrected chi connectivity index (χ1v) is 11.9. The maximum atomic E-state index is 13.7. The molecule has 0 amide bonds. The van der Waals surface area contributed by atoms with Crippen molar-refractivity contribution in [3.05, 3.63) is 11.8 Å². The van der Waals surface area contributed by atoms with Gasteiger partial charge in [-0.25, -0.2) is 0 Å². The summed E-state index contributed by atoms with van der Waals surface area (Å²) in [6.45, 7) is 6.16. The second-order valence-electron chi connectivity index (χ2n) is 10.9. The van der Waals surface area contributed by atoms with Gasteiger partial charge in [-0.3, -0.25) is 19.9 Å². The largest absolute Gasteiger partial charge is 0.396 e. The zero-order chi connectivity index (χ0) is 21.1. The maximum Gasteiger partial charge on any atom is 0.142 e. The lowest BCUT2D eigenvalue weighted by Crippen LogP contribution is -2.60. The molecule has 1 aliphatic heterocycles. The highest BCUT2D eigenvalue weighted by molar-refractivity contribution is 5.91. The molecule has 0 aromatic heterocycles. The summed E-state index contributed by atoms with van der Waals surface area (Å²) in [4.78, 5) is 32.2. The van der Waals surface area contributed by atoms with Gasteiger partial charge in [0.05, 0.1) is 12.7 Å². The van der Waals surface area contributed by atoms with Gasteiger partial charge in [0, 0.05) is 35.9 Å². The van der Waals surface area contributed by atoms with Gasteiger partial charge >= 0.3 is 0 Å². The zero-order valence-corrected chi connectivity index (χ0v) is 18.3. The highest BCUT2D eigenvalue weighted by Crippen LogP contribution is 2.65. The number of rotatable bonds is 4. The third kappa shape index (κ3) is 2.94. The Balaban J connectivity index is 1.42. The van der Waals surface area contributed by atoms with Crippen LogP contribution in [0.5, 0.6) is 0 Å². The second-order valence-corrected chi connectivity index (χ2v) is 10.9.